The first-order valence-corrected chi connectivity index (χ1v) is 8.33. The van der Waals surface area contributed by atoms with Gasteiger partial charge in [-0.05, 0) is 37.5 Å². The Hall–Kier alpha value is -2.96. The van der Waals surface area contributed by atoms with Crippen molar-refractivity contribution in [1.82, 2.24) is 9.97 Å². The third kappa shape index (κ3) is 3.12. The zero-order chi connectivity index (χ0) is 18.8. The van der Waals surface area contributed by atoms with Crippen LogP contribution in [0.25, 0.3) is 0 Å². The first-order valence-electron chi connectivity index (χ1n) is 8.33. The highest BCUT2D eigenvalue weighted by Gasteiger charge is 2.31. The van der Waals surface area contributed by atoms with Crippen molar-refractivity contribution in [3.8, 4) is 5.75 Å². The standard InChI is InChI=1S/C19H21N3O4/c1-11-7-12(2)14(15(8-11)25-3)9-22-16(23)6-5-13-17(19(24)26-4)20-10-21-18(13)22/h7-8,10H,5-6,9H2,1-4H3. The van der Waals surface area contributed by atoms with E-state index in [1.54, 1.807) is 12.0 Å². The van der Waals surface area contributed by atoms with Gasteiger partial charge in [-0.3, -0.25) is 9.69 Å². The molecule has 0 saturated carbocycles. The molecule has 0 bridgehead atoms. The van der Waals surface area contributed by atoms with Crippen LogP contribution in [-0.4, -0.2) is 36.1 Å². The second-order valence-corrected chi connectivity index (χ2v) is 6.26. The Balaban J connectivity index is 2.06. The maximum Gasteiger partial charge on any atom is 0.357 e. The van der Waals surface area contributed by atoms with Crippen LogP contribution < -0.4 is 9.64 Å². The molecule has 1 aliphatic rings. The zero-order valence-electron chi connectivity index (χ0n) is 15.3. The van der Waals surface area contributed by atoms with Crippen LogP contribution in [0, 0.1) is 13.8 Å². The van der Waals surface area contributed by atoms with Crippen LogP contribution in [0.15, 0.2) is 18.5 Å². The lowest BCUT2D eigenvalue weighted by Gasteiger charge is -2.29. The van der Waals surface area contributed by atoms with Crippen LogP contribution in [0.4, 0.5) is 5.82 Å². The Bertz CT molecular complexity index is 879. The minimum atomic E-state index is -0.526. The Kier molecular flexibility index (Phi) is 4.88. The highest BCUT2D eigenvalue weighted by Crippen LogP contribution is 2.32. The fourth-order valence-electron chi connectivity index (χ4n) is 3.29. The van der Waals surface area contributed by atoms with Crippen LogP contribution in [0.2, 0.25) is 0 Å². The number of hydrogen-bond acceptors (Lipinski definition) is 6. The molecule has 0 atom stereocenters. The van der Waals surface area contributed by atoms with E-state index in [-0.39, 0.29) is 18.0 Å². The van der Waals surface area contributed by atoms with Crippen molar-refractivity contribution < 1.29 is 19.1 Å². The summed E-state index contributed by atoms with van der Waals surface area (Å²) in [6.07, 6.45) is 1.99. The number of anilines is 1. The normalized spacial score (nSPS) is 13.4. The lowest BCUT2D eigenvalue weighted by Crippen LogP contribution is -2.36. The molecule has 7 nitrogen and oxygen atoms in total. The van der Waals surface area contributed by atoms with E-state index in [0.717, 1.165) is 22.4 Å². The van der Waals surface area contributed by atoms with Crippen LogP contribution in [-0.2, 0) is 22.5 Å². The van der Waals surface area contributed by atoms with E-state index in [4.69, 9.17) is 9.47 Å². The first kappa shape index (κ1) is 17.8. The number of nitrogens with zero attached hydrogens (tertiary/aromatic N) is 3. The van der Waals surface area contributed by atoms with Crippen molar-refractivity contribution in [3.05, 3.63) is 46.4 Å². The number of aryl methyl sites for hydroxylation is 2. The van der Waals surface area contributed by atoms with Gasteiger partial charge in [0.1, 0.15) is 17.9 Å². The van der Waals surface area contributed by atoms with Gasteiger partial charge in [0, 0.05) is 17.5 Å². The number of rotatable bonds is 4. The molecule has 136 valence electrons. The van der Waals surface area contributed by atoms with Crippen LogP contribution in [0.5, 0.6) is 5.75 Å². The third-order valence-electron chi connectivity index (χ3n) is 4.56. The predicted octanol–water partition coefficient (Wildman–Crippen LogP) is 2.37. The Morgan fingerprint density at radius 3 is 2.65 bits per heavy atom. The van der Waals surface area contributed by atoms with Gasteiger partial charge in [-0.2, -0.15) is 0 Å². The van der Waals surface area contributed by atoms with Gasteiger partial charge >= 0.3 is 5.97 Å². The van der Waals surface area contributed by atoms with Crippen LogP contribution in [0.3, 0.4) is 0 Å². The first-order chi connectivity index (χ1) is 12.5. The molecule has 0 fully saturated rings. The molecule has 0 spiro atoms. The summed E-state index contributed by atoms with van der Waals surface area (Å²) in [7, 11) is 2.92. The molecule has 1 aliphatic heterocycles. The van der Waals surface area contributed by atoms with Gasteiger partial charge in [0.25, 0.3) is 0 Å². The van der Waals surface area contributed by atoms with Crippen molar-refractivity contribution in [2.45, 2.75) is 33.2 Å². The second-order valence-electron chi connectivity index (χ2n) is 6.26. The topological polar surface area (TPSA) is 81.6 Å². The molecule has 1 aromatic heterocycles. The molecule has 3 rings (SSSR count). The number of esters is 1. The molecule has 1 amide bonds. The summed E-state index contributed by atoms with van der Waals surface area (Å²) in [5.74, 6) is 0.611. The van der Waals surface area contributed by atoms with Gasteiger partial charge in [-0.15, -0.1) is 0 Å². The molecule has 0 aliphatic carbocycles. The van der Waals surface area contributed by atoms with E-state index < -0.39 is 5.97 Å². The number of amides is 1. The minimum Gasteiger partial charge on any atom is -0.496 e. The van der Waals surface area contributed by atoms with E-state index in [1.165, 1.54) is 13.4 Å². The van der Waals surface area contributed by atoms with E-state index in [1.807, 2.05) is 26.0 Å². The van der Waals surface area contributed by atoms with Crippen LogP contribution in [0.1, 0.15) is 39.2 Å². The lowest BCUT2D eigenvalue weighted by atomic mass is 9.99. The summed E-state index contributed by atoms with van der Waals surface area (Å²) in [4.78, 5) is 34.5. The SMILES string of the molecule is COC(=O)c1ncnc2c1CCC(=O)N2Cc1c(C)cc(C)cc1OC. The molecular weight excluding hydrogens is 334 g/mol. The largest absolute Gasteiger partial charge is 0.496 e. The summed E-state index contributed by atoms with van der Waals surface area (Å²) in [5.41, 5.74) is 3.88. The Morgan fingerprint density at radius 2 is 1.96 bits per heavy atom. The number of carbonyl (C=O) groups excluding carboxylic acids is 2. The highest BCUT2D eigenvalue weighted by atomic mass is 16.5. The maximum absolute atomic E-state index is 12.6. The van der Waals surface area contributed by atoms with Crippen molar-refractivity contribution in [1.29, 1.82) is 0 Å². The fraction of sp³-hybridized carbons (Fsp3) is 0.368. The number of benzene rings is 1. The third-order valence-corrected chi connectivity index (χ3v) is 4.56. The number of hydrogen-bond donors (Lipinski definition) is 0. The summed E-state index contributed by atoms with van der Waals surface area (Å²) >= 11 is 0. The Labute approximate surface area is 152 Å². The molecular formula is C19H21N3O4. The molecule has 2 heterocycles. The van der Waals surface area contributed by atoms with E-state index in [2.05, 4.69) is 9.97 Å². The maximum atomic E-state index is 12.6. The molecule has 0 N–H and O–H groups in total. The van der Waals surface area contributed by atoms with E-state index in [9.17, 15) is 9.59 Å². The molecule has 26 heavy (non-hydrogen) atoms. The smallest absolute Gasteiger partial charge is 0.357 e. The average molecular weight is 355 g/mol. The Morgan fingerprint density at radius 1 is 1.19 bits per heavy atom. The predicted molar refractivity (Wildman–Crippen MR) is 95.4 cm³/mol. The molecule has 0 radical (unpaired) electrons. The van der Waals surface area contributed by atoms with Crippen molar-refractivity contribution in [2.75, 3.05) is 19.1 Å². The molecule has 7 heteroatoms. The number of aromatic nitrogens is 2. The molecule has 1 aromatic carbocycles. The molecule has 2 aromatic rings. The van der Waals surface area contributed by atoms with Crippen LogP contribution >= 0.6 is 0 Å². The monoisotopic (exact) mass is 355 g/mol. The second kappa shape index (κ2) is 7.11. The van der Waals surface area contributed by atoms with Gasteiger partial charge in [0.05, 0.1) is 20.8 Å². The summed E-state index contributed by atoms with van der Waals surface area (Å²) in [6.45, 7) is 4.30. The lowest BCUT2D eigenvalue weighted by molar-refractivity contribution is -0.119. The van der Waals surface area contributed by atoms with E-state index >= 15 is 0 Å². The van der Waals surface area contributed by atoms with Gasteiger partial charge in [0.2, 0.25) is 5.91 Å². The van der Waals surface area contributed by atoms with Crippen molar-refractivity contribution in [2.24, 2.45) is 0 Å². The fourth-order valence-corrected chi connectivity index (χ4v) is 3.29. The van der Waals surface area contributed by atoms with Crippen molar-refractivity contribution >= 4 is 17.7 Å². The minimum absolute atomic E-state index is 0.0472. The number of methoxy groups -OCH3 is 2. The van der Waals surface area contributed by atoms with Gasteiger partial charge in [-0.25, -0.2) is 14.8 Å². The highest BCUT2D eigenvalue weighted by molar-refractivity contribution is 5.98. The summed E-state index contributed by atoms with van der Waals surface area (Å²) in [5, 5.41) is 0. The number of carbonyl (C=O) groups is 2. The van der Waals surface area contributed by atoms with Crippen molar-refractivity contribution in [3.63, 3.8) is 0 Å². The average Bonchev–Trinajstić information content (AvgIpc) is 2.63. The van der Waals surface area contributed by atoms with Gasteiger partial charge in [-0.1, -0.05) is 6.07 Å². The summed E-state index contributed by atoms with van der Waals surface area (Å²) < 4.78 is 10.3. The molecule has 0 unspecified atom stereocenters. The number of fused-ring (bicyclic) bond motifs is 1. The van der Waals surface area contributed by atoms with Gasteiger partial charge < -0.3 is 9.47 Å². The summed E-state index contributed by atoms with van der Waals surface area (Å²) in [6, 6.07) is 3.99. The quantitative estimate of drug-likeness (QED) is 0.783. The van der Waals surface area contributed by atoms with Gasteiger partial charge in [0.15, 0.2) is 5.69 Å². The zero-order valence-corrected chi connectivity index (χ0v) is 15.3. The van der Waals surface area contributed by atoms with E-state index in [0.29, 0.717) is 24.3 Å². The molecule has 0 saturated heterocycles. The number of ether oxygens (including phenoxy) is 2.